The number of carbonyl (C=O) groups excluding carboxylic acids is 1. The molecule has 2 aromatic rings. The Bertz CT molecular complexity index is 798. The molecule has 0 spiro atoms. The van der Waals surface area contributed by atoms with E-state index >= 15 is 0 Å². The second-order valence-electron chi connectivity index (χ2n) is 5.92. The standard InChI is InChI=1S/C19H18Cl4N2O/c1-12-7-9-14(10-8-12)11-13(2)24-18(19(21,22)23)25-17(26)15-5-3-4-6-16(15)20/h3-10,18H,11H2,1-2H3,(H,25,26). The Kier molecular flexibility index (Phi) is 7.36. The lowest BCUT2D eigenvalue weighted by Gasteiger charge is -2.23. The molecule has 1 unspecified atom stereocenters. The predicted molar refractivity (Wildman–Crippen MR) is 111 cm³/mol. The van der Waals surface area contributed by atoms with E-state index in [0.717, 1.165) is 11.3 Å². The number of hydrogen-bond donors (Lipinski definition) is 1. The fourth-order valence-electron chi connectivity index (χ4n) is 2.30. The van der Waals surface area contributed by atoms with Gasteiger partial charge in [0.2, 0.25) is 3.79 Å². The van der Waals surface area contributed by atoms with Crippen molar-refractivity contribution in [3.63, 3.8) is 0 Å². The number of hydrogen-bond acceptors (Lipinski definition) is 2. The molecular formula is C19H18Cl4N2O. The van der Waals surface area contributed by atoms with E-state index in [1.165, 1.54) is 5.56 Å². The summed E-state index contributed by atoms with van der Waals surface area (Å²) in [6, 6.07) is 14.7. The number of halogens is 4. The molecule has 0 aliphatic rings. The zero-order chi connectivity index (χ0) is 19.3. The first-order valence-corrected chi connectivity index (χ1v) is 9.39. The SMILES string of the molecule is CC(Cc1ccc(C)cc1)=NC(NC(=O)c1ccccc1Cl)C(Cl)(Cl)Cl. The summed E-state index contributed by atoms with van der Waals surface area (Å²) in [7, 11) is 0. The summed E-state index contributed by atoms with van der Waals surface area (Å²) < 4.78 is -1.80. The first-order chi connectivity index (χ1) is 12.2. The van der Waals surface area contributed by atoms with Gasteiger partial charge in [-0.1, -0.05) is 88.4 Å². The number of aryl methyl sites for hydroxylation is 1. The van der Waals surface area contributed by atoms with E-state index < -0.39 is 15.9 Å². The number of carbonyl (C=O) groups is 1. The van der Waals surface area contributed by atoms with E-state index in [1.54, 1.807) is 24.3 Å². The van der Waals surface area contributed by atoms with Gasteiger partial charge in [-0.05, 0) is 31.5 Å². The molecule has 1 amide bonds. The van der Waals surface area contributed by atoms with Crippen molar-refractivity contribution in [3.05, 3.63) is 70.2 Å². The highest BCUT2D eigenvalue weighted by Crippen LogP contribution is 2.31. The van der Waals surface area contributed by atoms with Gasteiger partial charge in [-0.25, -0.2) is 0 Å². The number of rotatable bonds is 5. The van der Waals surface area contributed by atoms with Crippen LogP contribution >= 0.6 is 46.4 Å². The topological polar surface area (TPSA) is 41.5 Å². The Morgan fingerprint density at radius 1 is 1.12 bits per heavy atom. The van der Waals surface area contributed by atoms with Crippen molar-refractivity contribution >= 4 is 58.0 Å². The highest BCUT2D eigenvalue weighted by molar-refractivity contribution is 6.68. The van der Waals surface area contributed by atoms with E-state index in [4.69, 9.17) is 46.4 Å². The van der Waals surface area contributed by atoms with Crippen molar-refractivity contribution in [2.75, 3.05) is 0 Å². The van der Waals surface area contributed by atoms with Crippen LogP contribution in [0.1, 0.15) is 28.4 Å². The highest BCUT2D eigenvalue weighted by atomic mass is 35.6. The van der Waals surface area contributed by atoms with E-state index in [2.05, 4.69) is 10.3 Å². The fourth-order valence-corrected chi connectivity index (χ4v) is 2.83. The van der Waals surface area contributed by atoms with Gasteiger partial charge in [0.25, 0.3) is 5.91 Å². The summed E-state index contributed by atoms with van der Waals surface area (Å²) in [4.78, 5) is 16.9. The maximum atomic E-state index is 12.5. The number of nitrogens with zero attached hydrogens (tertiary/aromatic N) is 1. The van der Waals surface area contributed by atoms with Gasteiger partial charge in [0.05, 0.1) is 10.6 Å². The second-order valence-corrected chi connectivity index (χ2v) is 8.70. The van der Waals surface area contributed by atoms with Crippen molar-refractivity contribution in [2.24, 2.45) is 4.99 Å². The van der Waals surface area contributed by atoms with Crippen molar-refractivity contribution in [3.8, 4) is 0 Å². The van der Waals surface area contributed by atoms with Crippen LogP contribution in [0.3, 0.4) is 0 Å². The zero-order valence-electron chi connectivity index (χ0n) is 14.3. The number of benzene rings is 2. The molecule has 0 heterocycles. The first-order valence-electron chi connectivity index (χ1n) is 7.88. The molecule has 138 valence electrons. The van der Waals surface area contributed by atoms with Crippen LogP contribution in [0.25, 0.3) is 0 Å². The van der Waals surface area contributed by atoms with Gasteiger partial charge in [-0.3, -0.25) is 9.79 Å². The third-order valence-electron chi connectivity index (χ3n) is 3.63. The van der Waals surface area contributed by atoms with Crippen molar-refractivity contribution < 1.29 is 4.79 Å². The first kappa shape index (κ1) is 21.0. The zero-order valence-corrected chi connectivity index (χ0v) is 17.3. The summed E-state index contributed by atoms with van der Waals surface area (Å²) >= 11 is 24.1. The Balaban J connectivity index is 2.18. The maximum absolute atomic E-state index is 12.5. The monoisotopic (exact) mass is 430 g/mol. The van der Waals surface area contributed by atoms with Crippen molar-refractivity contribution in [1.82, 2.24) is 5.32 Å². The van der Waals surface area contributed by atoms with Gasteiger partial charge in [-0.2, -0.15) is 0 Å². The summed E-state index contributed by atoms with van der Waals surface area (Å²) in [5.41, 5.74) is 3.27. The molecule has 0 aromatic heterocycles. The smallest absolute Gasteiger partial charge is 0.254 e. The average molecular weight is 432 g/mol. The lowest BCUT2D eigenvalue weighted by Crippen LogP contribution is -2.43. The molecule has 7 heteroatoms. The molecule has 0 radical (unpaired) electrons. The molecule has 2 aromatic carbocycles. The lowest BCUT2D eigenvalue weighted by atomic mass is 10.1. The molecule has 0 fully saturated rings. The Hall–Kier alpha value is -1.26. The van der Waals surface area contributed by atoms with Crippen LogP contribution in [-0.4, -0.2) is 21.6 Å². The molecule has 0 aliphatic carbocycles. The molecule has 1 N–H and O–H groups in total. The van der Waals surface area contributed by atoms with Gasteiger partial charge in [0.15, 0.2) is 6.17 Å². The van der Waals surface area contributed by atoms with Gasteiger partial charge in [0, 0.05) is 12.1 Å². The van der Waals surface area contributed by atoms with Crippen LogP contribution in [0.15, 0.2) is 53.5 Å². The summed E-state index contributed by atoms with van der Waals surface area (Å²) in [5.74, 6) is -0.459. The molecule has 2 rings (SSSR count). The molecule has 0 bridgehead atoms. The quantitative estimate of drug-likeness (QED) is 0.473. The van der Waals surface area contributed by atoms with Gasteiger partial charge >= 0.3 is 0 Å². The number of alkyl halides is 3. The summed E-state index contributed by atoms with van der Waals surface area (Å²) in [6.07, 6.45) is -0.457. The number of aliphatic imine (C=N–C) groups is 1. The predicted octanol–water partition coefficient (Wildman–Crippen LogP) is 5.78. The minimum Gasteiger partial charge on any atom is -0.327 e. The number of nitrogens with one attached hydrogen (secondary N) is 1. The van der Waals surface area contributed by atoms with Crippen LogP contribution in [0.4, 0.5) is 0 Å². The lowest BCUT2D eigenvalue weighted by molar-refractivity contribution is 0.0939. The average Bonchev–Trinajstić information content (AvgIpc) is 2.56. The van der Waals surface area contributed by atoms with Crippen LogP contribution in [-0.2, 0) is 6.42 Å². The molecule has 0 aliphatic heterocycles. The third-order valence-corrected chi connectivity index (χ3v) is 4.58. The Morgan fingerprint density at radius 2 is 1.73 bits per heavy atom. The van der Waals surface area contributed by atoms with E-state index in [0.29, 0.717) is 17.0 Å². The number of amides is 1. The highest BCUT2D eigenvalue weighted by Gasteiger charge is 2.34. The van der Waals surface area contributed by atoms with Crippen LogP contribution in [0, 0.1) is 6.92 Å². The van der Waals surface area contributed by atoms with Crippen molar-refractivity contribution in [1.29, 1.82) is 0 Å². The van der Waals surface area contributed by atoms with Gasteiger partial charge in [0.1, 0.15) is 0 Å². The van der Waals surface area contributed by atoms with Crippen molar-refractivity contribution in [2.45, 2.75) is 30.2 Å². The van der Waals surface area contributed by atoms with Crippen LogP contribution in [0.5, 0.6) is 0 Å². The third kappa shape index (κ3) is 6.17. The Morgan fingerprint density at radius 3 is 2.31 bits per heavy atom. The van der Waals surface area contributed by atoms with Gasteiger partial charge < -0.3 is 5.32 Å². The molecule has 3 nitrogen and oxygen atoms in total. The second kappa shape index (κ2) is 9.09. The van der Waals surface area contributed by atoms with Crippen LogP contribution < -0.4 is 5.32 Å². The minimum atomic E-state index is -1.80. The van der Waals surface area contributed by atoms with E-state index in [-0.39, 0.29) is 0 Å². The molecule has 1 atom stereocenters. The minimum absolute atomic E-state index is 0.291. The van der Waals surface area contributed by atoms with E-state index in [9.17, 15) is 4.79 Å². The van der Waals surface area contributed by atoms with Gasteiger partial charge in [-0.15, -0.1) is 0 Å². The molecule has 0 saturated carbocycles. The molecule has 26 heavy (non-hydrogen) atoms. The maximum Gasteiger partial charge on any atom is 0.254 e. The van der Waals surface area contributed by atoms with E-state index in [1.807, 2.05) is 38.1 Å². The fraction of sp³-hybridized carbons (Fsp3) is 0.263. The Labute approximate surface area is 173 Å². The summed E-state index contributed by atoms with van der Waals surface area (Å²) in [5, 5.41) is 2.95. The largest absolute Gasteiger partial charge is 0.327 e. The van der Waals surface area contributed by atoms with Crippen LogP contribution in [0.2, 0.25) is 5.02 Å². The molecule has 0 saturated heterocycles. The summed E-state index contributed by atoms with van der Waals surface area (Å²) in [6.45, 7) is 3.85. The normalized spacial score (nSPS) is 13.4. The molecular weight excluding hydrogens is 414 g/mol.